The fourth-order valence-electron chi connectivity index (χ4n) is 4.19. The Bertz CT molecular complexity index is 940. The van der Waals surface area contributed by atoms with Gasteiger partial charge in [-0.2, -0.15) is 5.26 Å². The van der Waals surface area contributed by atoms with Crippen molar-refractivity contribution in [1.82, 2.24) is 14.8 Å². The van der Waals surface area contributed by atoms with Gasteiger partial charge in [0, 0.05) is 42.5 Å². The van der Waals surface area contributed by atoms with Gasteiger partial charge in [-0.1, -0.05) is 23.7 Å². The van der Waals surface area contributed by atoms with Gasteiger partial charge < -0.3 is 10.2 Å². The van der Waals surface area contributed by atoms with Crippen LogP contribution in [0.25, 0.3) is 10.8 Å². The van der Waals surface area contributed by atoms with Crippen LogP contribution in [0.15, 0.2) is 30.6 Å². The number of amides is 1. The molecule has 8 heteroatoms. The van der Waals surface area contributed by atoms with E-state index in [1.165, 1.54) is 4.90 Å². The predicted molar refractivity (Wildman–Crippen MR) is 110 cm³/mol. The third kappa shape index (κ3) is 4.29. The average Bonchev–Trinajstić information content (AvgIpc) is 3.11. The van der Waals surface area contributed by atoms with Gasteiger partial charge >= 0.3 is 0 Å². The second-order valence-corrected chi connectivity index (χ2v) is 8.15. The molecule has 1 amide bonds. The number of pyridine rings is 1. The molecule has 0 saturated carbocycles. The highest BCUT2D eigenvalue weighted by Crippen LogP contribution is 2.29. The number of nitrogens with one attached hydrogen (secondary N) is 1. The van der Waals surface area contributed by atoms with Gasteiger partial charge in [-0.15, -0.1) is 0 Å². The molecule has 2 aromatic rings. The number of nitrogens with zero attached hydrogens (tertiary/aromatic N) is 4. The lowest BCUT2D eigenvalue weighted by Crippen LogP contribution is -2.46. The second-order valence-electron chi connectivity index (χ2n) is 7.74. The molecule has 4 rings (SSSR count). The number of halogens is 2. The molecule has 0 unspecified atom stereocenters. The van der Waals surface area contributed by atoms with Gasteiger partial charge in [-0.3, -0.25) is 14.7 Å². The number of piperidine rings is 1. The van der Waals surface area contributed by atoms with Gasteiger partial charge in [-0.25, -0.2) is 4.39 Å². The first-order valence-electron chi connectivity index (χ1n) is 9.89. The third-order valence-corrected chi connectivity index (χ3v) is 6.11. The van der Waals surface area contributed by atoms with E-state index in [1.54, 1.807) is 6.20 Å². The fourth-order valence-corrected chi connectivity index (χ4v) is 4.42. The van der Waals surface area contributed by atoms with Crippen LogP contribution >= 0.6 is 11.6 Å². The quantitative estimate of drug-likeness (QED) is 0.830. The maximum atomic E-state index is 13.6. The van der Waals surface area contributed by atoms with Crippen molar-refractivity contribution in [3.63, 3.8) is 0 Å². The van der Waals surface area contributed by atoms with Crippen LogP contribution in [-0.2, 0) is 4.79 Å². The molecule has 152 valence electrons. The van der Waals surface area contributed by atoms with E-state index in [2.05, 4.69) is 15.2 Å². The summed E-state index contributed by atoms with van der Waals surface area (Å²) in [5.74, 6) is -0.156. The number of rotatable bonds is 4. The number of alkyl halides is 1. The lowest BCUT2D eigenvalue weighted by Gasteiger charge is -2.33. The van der Waals surface area contributed by atoms with E-state index in [4.69, 9.17) is 16.9 Å². The van der Waals surface area contributed by atoms with Crippen molar-refractivity contribution in [2.45, 2.75) is 37.5 Å². The molecule has 3 heterocycles. The average molecular weight is 416 g/mol. The molecule has 0 bridgehead atoms. The molecular weight excluding hydrogens is 393 g/mol. The monoisotopic (exact) mass is 415 g/mol. The van der Waals surface area contributed by atoms with Crippen molar-refractivity contribution in [3.05, 3.63) is 35.6 Å². The van der Waals surface area contributed by atoms with Crippen LogP contribution in [0.1, 0.15) is 19.3 Å². The number of carbonyl (C=O) groups is 1. The lowest BCUT2D eigenvalue weighted by atomic mass is 10.0. The number of anilines is 1. The van der Waals surface area contributed by atoms with Gasteiger partial charge in [0.15, 0.2) is 0 Å². The summed E-state index contributed by atoms with van der Waals surface area (Å²) < 4.78 is 13.6. The number of nitriles is 1. The summed E-state index contributed by atoms with van der Waals surface area (Å²) in [6, 6.07) is 7.49. The summed E-state index contributed by atoms with van der Waals surface area (Å²) in [7, 11) is 0. The zero-order chi connectivity index (χ0) is 20.4. The van der Waals surface area contributed by atoms with Gasteiger partial charge in [0.1, 0.15) is 12.2 Å². The smallest absolute Gasteiger partial charge is 0.237 e. The number of benzene rings is 1. The molecule has 2 aliphatic rings. The van der Waals surface area contributed by atoms with Crippen molar-refractivity contribution in [2.24, 2.45) is 0 Å². The largest absolute Gasteiger partial charge is 0.380 e. The molecule has 2 aliphatic heterocycles. The van der Waals surface area contributed by atoms with E-state index < -0.39 is 12.2 Å². The number of likely N-dealkylation sites (tertiary alicyclic amines) is 2. The van der Waals surface area contributed by atoms with Gasteiger partial charge in [-0.05, 0) is 18.9 Å². The summed E-state index contributed by atoms with van der Waals surface area (Å²) >= 11 is 6.27. The van der Waals surface area contributed by atoms with Crippen molar-refractivity contribution in [2.75, 3.05) is 31.5 Å². The van der Waals surface area contributed by atoms with Crippen LogP contribution < -0.4 is 5.32 Å². The third-order valence-electron chi connectivity index (χ3n) is 5.78. The highest BCUT2D eigenvalue weighted by atomic mass is 35.5. The Kier molecular flexibility index (Phi) is 5.84. The molecule has 0 spiro atoms. The van der Waals surface area contributed by atoms with E-state index in [1.807, 2.05) is 30.5 Å². The van der Waals surface area contributed by atoms with Gasteiger partial charge in [0.25, 0.3) is 0 Å². The number of carbonyl (C=O) groups excluding carboxylic acids is 1. The molecular formula is C21H23ClFN5O. The highest BCUT2D eigenvalue weighted by Gasteiger charge is 2.36. The molecule has 2 fully saturated rings. The van der Waals surface area contributed by atoms with Crippen molar-refractivity contribution in [1.29, 1.82) is 5.26 Å². The van der Waals surface area contributed by atoms with Gasteiger partial charge in [0.2, 0.25) is 5.91 Å². The second kappa shape index (κ2) is 8.52. The first kappa shape index (κ1) is 19.9. The van der Waals surface area contributed by atoms with Crippen LogP contribution in [0.5, 0.6) is 0 Å². The predicted octanol–water partition coefficient (Wildman–Crippen LogP) is 3.23. The maximum absolute atomic E-state index is 13.6. The first-order chi connectivity index (χ1) is 14.0. The SMILES string of the molecule is N#C[C@@H]1C[C@H](F)CN1C(=O)CN1CCC(Nc2cncc3c(Cl)cccc23)CC1. The topological polar surface area (TPSA) is 72.3 Å². The lowest BCUT2D eigenvalue weighted by molar-refractivity contribution is -0.132. The Morgan fingerprint density at radius 3 is 2.86 bits per heavy atom. The molecule has 0 aliphatic carbocycles. The van der Waals surface area contributed by atoms with Crippen LogP contribution in [0.2, 0.25) is 5.02 Å². The molecule has 1 N–H and O–H groups in total. The van der Waals surface area contributed by atoms with Crippen LogP contribution in [-0.4, -0.2) is 65.1 Å². The summed E-state index contributed by atoms with van der Waals surface area (Å²) in [4.78, 5) is 20.3. The van der Waals surface area contributed by atoms with Crippen molar-refractivity contribution in [3.8, 4) is 6.07 Å². The molecule has 2 saturated heterocycles. The molecule has 29 heavy (non-hydrogen) atoms. The van der Waals surface area contributed by atoms with Crippen LogP contribution in [0, 0.1) is 11.3 Å². The minimum absolute atomic E-state index is 0.0335. The van der Waals surface area contributed by atoms with E-state index in [-0.39, 0.29) is 31.5 Å². The number of aromatic nitrogens is 1. The number of fused-ring (bicyclic) bond motifs is 1. The highest BCUT2D eigenvalue weighted by molar-refractivity contribution is 6.35. The minimum Gasteiger partial charge on any atom is -0.380 e. The van der Waals surface area contributed by atoms with Crippen molar-refractivity contribution < 1.29 is 9.18 Å². The zero-order valence-electron chi connectivity index (χ0n) is 16.0. The summed E-state index contributed by atoms with van der Waals surface area (Å²) in [5.41, 5.74) is 0.961. The Morgan fingerprint density at radius 2 is 2.10 bits per heavy atom. The molecule has 2 atom stereocenters. The van der Waals surface area contributed by atoms with Crippen LogP contribution in [0.3, 0.4) is 0 Å². The zero-order valence-corrected chi connectivity index (χ0v) is 16.8. The molecule has 1 aromatic heterocycles. The summed E-state index contributed by atoms with van der Waals surface area (Å²) in [6.45, 7) is 1.81. The maximum Gasteiger partial charge on any atom is 0.237 e. The fraction of sp³-hybridized carbons (Fsp3) is 0.476. The first-order valence-corrected chi connectivity index (χ1v) is 10.3. The van der Waals surface area contributed by atoms with E-state index in [0.717, 1.165) is 42.4 Å². The molecule has 1 aromatic carbocycles. The van der Waals surface area contributed by atoms with Gasteiger partial charge in [0.05, 0.1) is 36.1 Å². The van der Waals surface area contributed by atoms with Crippen molar-refractivity contribution >= 4 is 34.0 Å². The van der Waals surface area contributed by atoms with E-state index in [9.17, 15) is 9.18 Å². The van der Waals surface area contributed by atoms with Crippen LogP contribution in [0.4, 0.5) is 10.1 Å². The molecule has 6 nitrogen and oxygen atoms in total. The summed E-state index contributed by atoms with van der Waals surface area (Å²) in [6.07, 6.45) is 4.39. The number of hydrogen-bond acceptors (Lipinski definition) is 5. The van der Waals surface area contributed by atoms with E-state index >= 15 is 0 Å². The Morgan fingerprint density at radius 1 is 1.31 bits per heavy atom. The Hall–Kier alpha value is -2.43. The summed E-state index contributed by atoms with van der Waals surface area (Å²) in [5, 5.41) is 15.3. The Labute approximate surface area is 174 Å². The Balaban J connectivity index is 1.33. The van der Waals surface area contributed by atoms with E-state index in [0.29, 0.717) is 5.02 Å². The normalized spacial score (nSPS) is 23.3. The minimum atomic E-state index is -1.10. The number of hydrogen-bond donors (Lipinski definition) is 1. The standard InChI is InChI=1S/C21H23ClFN5O/c22-19-3-1-2-17-18(19)10-25-11-20(17)26-15-4-6-27(7-5-15)13-21(29)28-12-14(23)8-16(28)9-24/h1-3,10-11,14-16,26H,4-8,12-13H2/t14-,16-/m0/s1. The molecule has 0 radical (unpaired) electrons.